The third-order valence-corrected chi connectivity index (χ3v) is 3.72. The highest BCUT2D eigenvalue weighted by atomic mass is 79.9. The van der Waals surface area contributed by atoms with Gasteiger partial charge in [0.1, 0.15) is 0 Å². The van der Waals surface area contributed by atoms with E-state index >= 15 is 0 Å². The van der Waals surface area contributed by atoms with E-state index in [1.54, 1.807) is 0 Å². The van der Waals surface area contributed by atoms with Crippen molar-refractivity contribution in [2.75, 3.05) is 11.9 Å². The molecule has 1 saturated carbocycles. The Labute approximate surface area is 106 Å². The Balaban J connectivity index is 1.84. The molecule has 1 aliphatic carbocycles. The maximum atomic E-state index is 5.92. The van der Waals surface area contributed by atoms with Gasteiger partial charge in [0.15, 0.2) is 0 Å². The maximum absolute atomic E-state index is 5.92. The van der Waals surface area contributed by atoms with Crippen LogP contribution in [0.3, 0.4) is 0 Å². The molecular formula is C14H19BrO. The van der Waals surface area contributed by atoms with Gasteiger partial charge in [0.25, 0.3) is 0 Å². The standard InChI is InChI=1S/C14H19BrO/c1-11-2-6-13(7-3-11)14(10-15)16-9-8-12-4-5-12/h2-3,6-7,12,14H,4-5,8-10H2,1H3. The van der Waals surface area contributed by atoms with E-state index < -0.39 is 0 Å². The second-order valence-electron chi connectivity index (χ2n) is 4.66. The van der Waals surface area contributed by atoms with E-state index in [2.05, 4.69) is 47.1 Å². The summed E-state index contributed by atoms with van der Waals surface area (Å²) in [5.41, 5.74) is 2.58. The minimum atomic E-state index is 0.208. The number of hydrogen-bond donors (Lipinski definition) is 0. The molecule has 0 heterocycles. The van der Waals surface area contributed by atoms with Crippen molar-refractivity contribution in [3.8, 4) is 0 Å². The zero-order valence-electron chi connectivity index (χ0n) is 9.79. The zero-order valence-corrected chi connectivity index (χ0v) is 11.4. The van der Waals surface area contributed by atoms with Gasteiger partial charge in [-0.15, -0.1) is 0 Å². The van der Waals surface area contributed by atoms with E-state index in [1.165, 1.54) is 30.4 Å². The summed E-state index contributed by atoms with van der Waals surface area (Å²) in [6, 6.07) is 8.63. The van der Waals surface area contributed by atoms with Crippen LogP contribution in [0.15, 0.2) is 24.3 Å². The topological polar surface area (TPSA) is 9.23 Å². The van der Waals surface area contributed by atoms with Gasteiger partial charge in [-0.2, -0.15) is 0 Å². The smallest absolute Gasteiger partial charge is 0.0921 e. The van der Waals surface area contributed by atoms with Crippen LogP contribution in [0, 0.1) is 12.8 Å². The monoisotopic (exact) mass is 282 g/mol. The van der Waals surface area contributed by atoms with Crippen LogP contribution in [0.2, 0.25) is 0 Å². The van der Waals surface area contributed by atoms with Gasteiger partial charge in [-0.05, 0) is 24.8 Å². The van der Waals surface area contributed by atoms with Crippen molar-refractivity contribution in [2.45, 2.75) is 32.3 Å². The SMILES string of the molecule is Cc1ccc(C(CBr)OCCC2CC2)cc1. The number of hydrogen-bond acceptors (Lipinski definition) is 1. The third kappa shape index (κ3) is 3.60. The fourth-order valence-corrected chi connectivity index (χ4v) is 2.36. The molecule has 16 heavy (non-hydrogen) atoms. The van der Waals surface area contributed by atoms with E-state index in [-0.39, 0.29) is 6.10 Å². The van der Waals surface area contributed by atoms with Crippen molar-refractivity contribution in [1.82, 2.24) is 0 Å². The second-order valence-corrected chi connectivity index (χ2v) is 5.30. The summed E-state index contributed by atoms with van der Waals surface area (Å²) in [5.74, 6) is 0.953. The molecule has 0 bridgehead atoms. The van der Waals surface area contributed by atoms with Crippen LogP contribution in [0.1, 0.15) is 36.5 Å². The summed E-state index contributed by atoms with van der Waals surface area (Å²) < 4.78 is 5.92. The van der Waals surface area contributed by atoms with Crippen LogP contribution in [-0.4, -0.2) is 11.9 Å². The molecule has 0 amide bonds. The number of benzene rings is 1. The first kappa shape index (κ1) is 12.1. The Morgan fingerprint density at radius 1 is 1.31 bits per heavy atom. The van der Waals surface area contributed by atoms with Gasteiger partial charge in [-0.3, -0.25) is 0 Å². The molecule has 88 valence electrons. The molecule has 0 aliphatic heterocycles. The van der Waals surface area contributed by atoms with Gasteiger partial charge in [-0.1, -0.05) is 58.6 Å². The fourth-order valence-electron chi connectivity index (χ4n) is 1.79. The van der Waals surface area contributed by atoms with E-state index in [0.29, 0.717) is 0 Å². The highest BCUT2D eigenvalue weighted by Crippen LogP contribution is 2.33. The molecule has 0 radical (unpaired) electrons. The summed E-state index contributed by atoms with van der Waals surface area (Å²) in [7, 11) is 0. The second kappa shape index (κ2) is 5.83. The number of halogens is 1. The molecule has 1 aromatic carbocycles. The largest absolute Gasteiger partial charge is 0.373 e. The normalized spacial score (nSPS) is 17.4. The molecule has 1 atom stereocenters. The van der Waals surface area contributed by atoms with E-state index in [1.807, 2.05) is 0 Å². The highest BCUT2D eigenvalue weighted by molar-refractivity contribution is 9.09. The van der Waals surface area contributed by atoms with Crippen LogP contribution >= 0.6 is 15.9 Å². The quantitative estimate of drug-likeness (QED) is 0.709. The van der Waals surface area contributed by atoms with Gasteiger partial charge in [0.2, 0.25) is 0 Å². The molecule has 1 aromatic rings. The third-order valence-electron chi connectivity index (χ3n) is 3.13. The summed E-state index contributed by atoms with van der Waals surface area (Å²) in [6.07, 6.45) is 4.26. The van der Waals surface area contributed by atoms with Crippen LogP contribution < -0.4 is 0 Å². The van der Waals surface area contributed by atoms with Gasteiger partial charge in [0.05, 0.1) is 6.10 Å². The van der Waals surface area contributed by atoms with E-state index in [4.69, 9.17) is 4.74 Å². The first-order chi connectivity index (χ1) is 7.79. The van der Waals surface area contributed by atoms with E-state index in [0.717, 1.165) is 17.9 Å². The lowest BCUT2D eigenvalue weighted by atomic mass is 10.1. The average Bonchev–Trinajstić information content (AvgIpc) is 3.10. The first-order valence-electron chi connectivity index (χ1n) is 6.03. The Bertz CT molecular complexity index is 316. The summed E-state index contributed by atoms with van der Waals surface area (Å²) in [6.45, 7) is 3.01. The lowest BCUT2D eigenvalue weighted by Gasteiger charge is -2.16. The molecule has 0 saturated heterocycles. The van der Waals surface area contributed by atoms with Crippen molar-refractivity contribution in [3.63, 3.8) is 0 Å². The highest BCUT2D eigenvalue weighted by Gasteiger charge is 2.21. The van der Waals surface area contributed by atoms with Crippen LogP contribution in [0.5, 0.6) is 0 Å². The minimum Gasteiger partial charge on any atom is -0.373 e. The van der Waals surface area contributed by atoms with Crippen molar-refractivity contribution in [3.05, 3.63) is 35.4 Å². The molecule has 1 unspecified atom stereocenters. The number of rotatable bonds is 6. The molecule has 2 rings (SSSR count). The molecule has 0 aromatic heterocycles. The van der Waals surface area contributed by atoms with Crippen molar-refractivity contribution >= 4 is 15.9 Å². The van der Waals surface area contributed by atoms with Crippen LogP contribution in [0.4, 0.5) is 0 Å². The minimum absolute atomic E-state index is 0.208. The molecule has 1 aliphatic rings. The predicted molar refractivity (Wildman–Crippen MR) is 71.0 cm³/mol. The van der Waals surface area contributed by atoms with Gasteiger partial charge >= 0.3 is 0 Å². The first-order valence-corrected chi connectivity index (χ1v) is 7.16. The van der Waals surface area contributed by atoms with Crippen molar-refractivity contribution < 1.29 is 4.74 Å². The Morgan fingerprint density at radius 2 is 2.00 bits per heavy atom. The van der Waals surface area contributed by atoms with Crippen LogP contribution in [-0.2, 0) is 4.74 Å². The van der Waals surface area contributed by atoms with Gasteiger partial charge in [-0.25, -0.2) is 0 Å². The van der Waals surface area contributed by atoms with E-state index in [9.17, 15) is 0 Å². The molecular weight excluding hydrogens is 264 g/mol. The molecule has 0 spiro atoms. The molecule has 2 heteroatoms. The number of alkyl halides is 1. The number of ether oxygens (including phenoxy) is 1. The predicted octanol–water partition coefficient (Wildman–Crippen LogP) is 4.25. The van der Waals surface area contributed by atoms with Crippen molar-refractivity contribution in [2.24, 2.45) is 5.92 Å². The molecule has 1 fully saturated rings. The maximum Gasteiger partial charge on any atom is 0.0921 e. The Morgan fingerprint density at radius 3 is 2.56 bits per heavy atom. The Hall–Kier alpha value is -0.340. The lowest BCUT2D eigenvalue weighted by molar-refractivity contribution is 0.0654. The van der Waals surface area contributed by atoms with Gasteiger partial charge < -0.3 is 4.74 Å². The summed E-state index contributed by atoms with van der Waals surface area (Å²) in [4.78, 5) is 0. The average molecular weight is 283 g/mol. The summed E-state index contributed by atoms with van der Waals surface area (Å²) >= 11 is 3.53. The fraction of sp³-hybridized carbons (Fsp3) is 0.571. The summed E-state index contributed by atoms with van der Waals surface area (Å²) in [5, 5.41) is 0.876. The van der Waals surface area contributed by atoms with Crippen LogP contribution in [0.25, 0.3) is 0 Å². The van der Waals surface area contributed by atoms with Gasteiger partial charge in [0, 0.05) is 11.9 Å². The number of aryl methyl sites for hydroxylation is 1. The zero-order chi connectivity index (χ0) is 11.4. The Kier molecular flexibility index (Phi) is 4.42. The molecule has 0 N–H and O–H groups in total. The lowest BCUT2D eigenvalue weighted by Crippen LogP contribution is -2.07. The molecule has 1 nitrogen and oxygen atoms in total. The van der Waals surface area contributed by atoms with Crippen molar-refractivity contribution in [1.29, 1.82) is 0 Å².